The van der Waals surface area contributed by atoms with Crippen LogP contribution in [0.15, 0.2) is 36.5 Å². The van der Waals surface area contributed by atoms with Crippen molar-refractivity contribution in [3.8, 4) is 5.75 Å². The molecule has 0 aliphatic rings. The first-order valence-electron chi connectivity index (χ1n) is 7.93. The zero-order valence-electron chi connectivity index (χ0n) is 14.8. The number of nitrogens with zero attached hydrogens (tertiary/aromatic N) is 2. The lowest BCUT2D eigenvalue weighted by Crippen LogP contribution is -2.41. The van der Waals surface area contributed by atoms with Crippen molar-refractivity contribution in [2.45, 2.75) is 46.3 Å². The summed E-state index contributed by atoms with van der Waals surface area (Å²) in [5.41, 5.74) is 0.733. The number of anilines is 2. The Kier molecular flexibility index (Phi) is 5.39. The fourth-order valence-electron chi connectivity index (χ4n) is 2.00. The number of carbonyl (C=O) groups excluding carboxylic acids is 1. The van der Waals surface area contributed by atoms with Crippen molar-refractivity contribution in [2.24, 2.45) is 0 Å². The molecule has 0 aliphatic heterocycles. The Labute approximate surface area is 142 Å². The van der Waals surface area contributed by atoms with E-state index >= 15 is 0 Å². The molecule has 24 heavy (non-hydrogen) atoms. The van der Waals surface area contributed by atoms with E-state index in [0.717, 1.165) is 5.69 Å². The molecule has 6 nitrogen and oxygen atoms in total. The van der Waals surface area contributed by atoms with E-state index in [9.17, 15) is 4.79 Å². The standard InChI is InChI=1S/C18H24N4O2/c1-12(2)24-15-9-7-6-8-13(15)20-17-19-11-10-14(21-17)16(23)22-18(3,4)5/h6-12H,1-5H3,(H,22,23)(H,19,20,21). The van der Waals surface area contributed by atoms with Gasteiger partial charge in [-0.1, -0.05) is 12.1 Å². The number of benzene rings is 1. The van der Waals surface area contributed by atoms with Crippen molar-refractivity contribution in [1.29, 1.82) is 0 Å². The Bertz CT molecular complexity index is 708. The number of hydrogen-bond acceptors (Lipinski definition) is 5. The second-order valence-electron chi connectivity index (χ2n) is 6.76. The highest BCUT2D eigenvalue weighted by Crippen LogP contribution is 2.27. The van der Waals surface area contributed by atoms with Crippen molar-refractivity contribution in [2.75, 3.05) is 5.32 Å². The van der Waals surface area contributed by atoms with E-state index in [-0.39, 0.29) is 17.6 Å². The van der Waals surface area contributed by atoms with Crippen molar-refractivity contribution in [1.82, 2.24) is 15.3 Å². The molecule has 128 valence electrons. The number of rotatable bonds is 5. The highest BCUT2D eigenvalue weighted by Gasteiger charge is 2.17. The number of nitrogens with one attached hydrogen (secondary N) is 2. The minimum Gasteiger partial charge on any atom is -0.489 e. The molecule has 1 aromatic heterocycles. The van der Waals surface area contributed by atoms with E-state index in [4.69, 9.17) is 4.74 Å². The van der Waals surface area contributed by atoms with Crippen LogP contribution in [0.5, 0.6) is 5.75 Å². The van der Waals surface area contributed by atoms with Crippen LogP contribution in [-0.4, -0.2) is 27.5 Å². The molecule has 0 atom stereocenters. The van der Waals surface area contributed by atoms with E-state index in [1.807, 2.05) is 58.9 Å². The van der Waals surface area contributed by atoms with Gasteiger partial charge in [0.2, 0.25) is 5.95 Å². The number of amides is 1. The Morgan fingerprint density at radius 3 is 2.54 bits per heavy atom. The number of carbonyl (C=O) groups is 1. The van der Waals surface area contributed by atoms with E-state index in [1.54, 1.807) is 12.3 Å². The predicted molar refractivity (Wildman–Crippen MR) is 94.7 cm³/mol. The SMILES string of the molecule is CC(C)Oc1ccccc1Nc1nccc(C(=O)NC(C)(C)C)n1. The normalized spacial score (nSPS) is 11.2. The molecule has 0 aliphatic carbocycles. The largest absolute Gasteiger partial charge is 0.489 e. The summed E-state index contributed by atoms with van der Waals surface area (Å²) >= 11 is 0. The van der Waals surface area contributed by atoms with Crippen LogP contribution in [0.3, 0.4) is 0 Å². The molecule has 0 bridgehead atoms. The molecule has 1 amide bonds. The number of ether oxygens (including phenoxy) is 1. The summed E-state index contributed by atoms with van der Waals surface area (Å²) in [7, 11) is 0. The second kappa shape index (κ2) is 7.29. The summed E-state index contributed by atoms with van der Waals surface area (Å²) in [5, 5.41) is 5.99. The molecule has 0 spiro atoms. The molecule has 1 heterocycles. The fraction of sp³-hybridized carbons (Fsp3) is 0.389. The first-order chi connectivity index (χ1) is 11.2. The number of hydrogen-bond donors (Lipinski definition) is 2. The van der Waals surface area contributed by atoms with Crippen LogP contribution in [0.4, 0.5) is 11.6 Å². The van der Waals surface area contributed by atoms with Gasteiger partial charge in [-0.15, -0.1) is 0 Å². The van der Waals surface area contributed by atoms with Crippen molar-refractivity contribution in [3.63, 3.8) is 0 Å². The minimum atomic E-state index is -0.326. The van der Waals surface area contributed by atoms with Crippen LogP contribution in [0.1, 0.15) is 45.1 Å². The smallest absolute Gasteiger partial charge is 0.270 e. The molecule has 2 N–H and O–H groups in total. The average molecular weight is 328 g/mol. The Morgan fingerprint density at radius 2 is 1.88 bits per heavy atom. The van der Waals surface area contributed by atoms with E-state index in [1.165, 1.54) is 0 Å². The summed E-state index contributed by atoms with van der Waals surface area (Å²) in [4.78, 5) is 20.7. The van der Waals surface area contributed by atoms with Crippen LogP contribution in [0.2, 0.25) is 0 Å². The first kappa shape index (κ1) is 17.7. The molecule has 1 aromatic carbocycles. The van der Waals surface area contributed by atoms with Gasteiger partial charge in [-0.3, -0.25) is 4.79 Å². The molecule has 0 unspecified atom stereocenters. The molecular weight excluding hydrogens is 304 g/mol. The maximum atomic E-state index is 12.2. The summed E-state index contributed by atoms with van der Waals surface area (Å²) in [6, 6.07) is 9.13. The molecule has 6 heteroatoms. The third kappa shape index (κ3) is 5.22. The zero-order valence-corrected chi connectivity index (χ0v) is 14.8. The molecule has 0 saturated carbocycles. The van der Waals surface area contributed by atoms with E-state index < -0.39 is 0 Å². The van der Waals surface area contributed by atoms with Gasteiger partial charge in [-0.2, -0.15) is 0 Å². The summed E-state index contributed by atoms with van der Waals surface area (Å²) in [6.45, 7) is 9.69. The van der Waals surface area contributed by atoms with E-state index in [0.29, 0.717) is 17.4 Å². The highest BCUT2D eigenvalue weighted by molar-refractivity contribution is 5.93. The molecule has 0 saturated heterocycles. The van der Waals surface area contributed by atoms with E-state index in [2.05, 4.69) is 20.6 Å². The van der Waals surface area contributed by atoms with Gasteiger partial charge in [0.25, 0.3) is 5.91 Å². The average Bonchev–Trinajstić information content (AvgIpc) is 2.47. The van der Waals surface area contributed by atoms with Crippen LogP contribution < -0.4 is 15.4 Å². The lowest BCUT2D eigenvalue weighted by molar-refractivity contribution is 0.0914. The number of para-hydroxylation sites is 2. The molecular formula is C18H24N4O2. The Morgan fingerprint density at radius 1 is 1.17 bits per heavy atom. The third-order valence-corrected chi connectivity index (χ3v) is 2.87. The molecule has 0 fully saturated rings. The lowest BCUT2D eigenvalue weighted by atomic mass is 10.1. The molecule has 2 aromatic rings. The van der Waals surface area contributed by atoms with Crippen LogP contribution in [0, 0.1) is 0 Å². The van der Waals surface area contributed by atoms with Crippen molar-refractivity contribution < 1.29 is 9.53 Å². The number of aromatic nitrogens is 2. The van der Waals surface area contributed by atoms with Gasteiger partial charge in [0.1, 0.15) is 11.4 Å². The quantitative estimate of drug-likeness (QED) is 0.878. The van der Waals surface area contributed by atoms with Crippen molar-refractivity contribution in [3.05, 3.63) is 42.2 Å². The lowest BCUT2D eigenvalue weighted by Gasteiger charge is -2.20. The van der Waals surface area contributed by atoms with Gasteiger partial charge >= 0.3 is 0 Å². The van der Waals surface area contributed by atoms with Crippen LogP contribution >= 0.6 is 0 Å². The topological polar surface area (TPSA) is 76.1 Å². The second-order valence-corrected chi connectivity index (χ2v) is 6.76. The maximum Gasteiger partial charge on any atom is 0.270 e. The van der Waals surface area contributed by atoms with Crippen molar-refractivity contribution >= 4 is 17.5 Å². The van der Waals surface area contributed by atoms with Gasteiger partial charge in [-0.25, -0.2) is 9.97 Å². The Balaban J connectivity index is 2.20. The zero-order chi connectivity index (χ0) is 17.7. The third-order valence-electron chi connectivity index (χ3n) is 2.87. The van der Waals surface area contributed by atoms with Gasteiger partial charge in [-0.05, 0) is 52.8 Å². The Hall–Kier alpha value is -2.63. The van der Waals surface area contributed by atoms with Gasteiger partial charge in [0.15, 0.2) is 0 Å². The van der Waals surface area contributed by atoms with Gasteiger partial charge in [0.05, 0.1) is 11.8 Å². The summed E-state index contributed by atoms with van der Waals surface area (Å²) < 4.78 is 5.76. The first-order valence-corrected chi connectivity index (χ1v) is 7.93. The minimum absolute atomic E-state index is 0.0535. The van der Waals surface area contributed by atoms with Crippen LogP contribution in [-0.2, 0) is 0 Å². The predicted octanol–water partition coefficient (Wildman–Crippen LogP) is 3.54. The van der Waals surface area contributed by atoms with Gasteiger partial charge < -0.3 is 15.4 Å². The molecule has 2 rings (SSSR count). The highest BCUT2D eigenvalue weighted by atomic mass is 16.5. The summed E-state index contributed by atoms with van der Waals surface area (Å²) in [6.07, 6.45) is 1.61. The fourth-order valence-corrected chi connectivity index (χ4v) is 2.00. The summed E-state index contributed by atoms with van der Waals surface area (Å²) in [5.74, 6) is 0.816. The van der Waals surface area contributed by atoms with Gasteiger partial charge in [0, 0.05) is 11.7 Å². The molecule has 0 radical (unpaired) electrons. The maximum absolute atomic E-state index is 12.2. The monoisotopic (exact) mass is 328 g/mol. The van der Waals surface area contributed by atoms with Crippen LogP contribution in [0.25, 0.3) is 0 Å².